The van der Waals surface area contributed by atoms with E-state index in [1.54, 1.807) is 46.9 Å². The smallest absolute Gasteiger partial charge is 0.310 e. The fourth-order valence-electron chi connectivity index (χ4n) is 6.85. The van der Waals surface area contributed by atoms with Gasteiger partial charge in [0, 0.05) is 22.3 Å². The van der Waals surface area contributed by atoms with Crippen LogP contribution in [0.5, 0.6) is 5.75 Å². The third-order valence-electron chi connectivity index (χ3n) is 8.59. The Bertz CT molecular complexity index is 1160. The number of allylic oxidation sites excluding steroid dienone is 1. The second-order valence-electron chi connectivity index (χ2n) is 11.8. The van der Waals surface area contributed by atoms with E-state index in [1.165, 1.54) is 0 Å². The van der Waals surface area contributed by atoms with E-state index in [1.807, 2.05) is 32.1 Å². The molecule has 10 heteroatoms. The number of aliphatic hydroxyl groups excluding tert-OH is 1. The average molecular weight is 664 g/mol. The molecule has 0 aliphatic carbocycles. The van der Waals surface area contributed by atoms with Crippen LogP contribution in [-0.2, 0) is 19.1 Å². The van der Waals surface area contributed by atoms with Crippen molar-refractivity contribution in [2.24, 2.45) is 17.8 Å². The van der Waals surface area contributed by atoms with Crippen LogP contribution < -0.4 is 9.64 Å². The maximum Gasteiger partial charge on any atom is 0.310 e. The largest absolute Gasteiger partial charge is 0.497 e. The van der Waals surface area contributed by atoms with Crippen molar-refractivity contribution in [3.8, 4) is 5.75 Å². The molecule has 7 atom stereocenters. The van der Waals surface area contributed by atoms with E-state index >= 15 is 0 Å². The quantitative estimate of drug-likeness (QED) is 0.122. The number of rotatable bonds is 15. The maximum atomic E-state index is 14.8. The molecule has 8 nitrogen and oxygen atoms in total. The molecule has 1 aromatic rings. The van der Waals surface area contributed by atoms with Gasteiger partial charge in [-0.25, -0.2) is 0 Å². The molecule has 3 unspecified atom stereocenters. The van der Waals surface area contributed by atoms with Crippen LogP contribution in [0.1, 0.15) is 46.0 Å². The van der Waals surface area contributed by atoms with Gasteiger partial charge in [-0.05, 0) is 62.3 Å². The fourth-order valence-corrected chi connectivity index (χ4v) is 10.4. The number of fused-ring (bicyclic) bond motifs is 1. The summed E-state index contributed by atoms with van der Waals surface area (Å²) in [6, 6.07) is 5.78. The first-order valence-electron chi connectivity index (χ1n) is 14.7. The molecule has 0 radical (unpaired) electrons. The molecule has 1 N–H and O–H groups in total. The van der Waals surface area contributed by atoms with Gasteiger partial charge >= 0.3 is 5.97 Å². The number of esters is 1. The number of hydrogen-bond acceptors (Lipinski definition) is 7. The third kappa shape index (κ3) is 6.04. The normalized spacial score (nSPS) is 28.5. The van der Waals surface area contributed by atoms with Crippen molar-refractivity contribution in [3.05, 3.63) is 49.6 Å². The summed E-state index contributed by atoms with van der Waals surface area (Å²) in [6.07, 6.45) is 7.02. The number of hydrogen-bond donors (Lipinski definition) is 1. The summed E-state index contributed by atoms with van der Waals surface area (Å²) in [5.74, 6) is -1.42. The molecule has 3 heterocycles. The molecular formula is C32H43BrN2O6S. The van der Waals surface area contributed by atoms with Crippen LogP contribution in [-0.4, -0.2) is 81.6 Å². The zero-order valence-electron chi connectivity index (χ0n) is 24.7. The number of ether oxygens (including phenoxy) is 2. The molecule has 3 fully saturated rings. The number of carbonyl (C=O) groups excluding carboxylic acids is 3. The lowest BCUT2D eigenvalue weighted by Gasteiger charge is -2.40. The first kappa shape index (κ1) is 32.6. The predicted octanol–water partition coefficient (Wildman–Crippen LogP) is 4.99. The standard InChI is InChI=1S/C32H43BrN2O6S/c1-6-8-9-10-16-41-31(39)25-26-29(37)35(22(19-36)17-20(3)4)28(32(26)18-24(33)27(25)42-32)30(38)34(15-7-2)21-11-13-23(40-5)14-12-21/h6-7,11-14,20,22,24-28,36H,1-2,8-10,15-19H2,3-5H3/t22-,24?,25+,26+,27+,28?,32?/m1/s1. The van der Waals surface area contributed by atoms with Gasteiger partial charge in [0.25, 0.3) is 5.91 Å². The van der Waals surface area contributed by atoms with Gasteiger partial charge in [0.2, 0.25) is 5.91 Å². The molecule has 2 bridgehead atoms. The van der Waals surface area contributed by atoms with Crippen molar-refractivity contribution >= 4 is 51.2 Å². The Balaban J connectivity index is 1.75. The number of unbranched alkanes of at least 4 members (excludes halogenated alkanes) is 2. The van der Waals surface area contributed by atoms with Crippen LogP contribution in [0.4, 0.5) is 5.69 Å². The number of aliphatic hydroxyl groups is 1. The number of benzene rings is 1. The summed E-state index contributed by atoms with van der Waals surface area (Å²) >= 11 is 5.37. The van der Waals surface area contributed by atoms with Gasteiger partial charge in [0.05, 0.1) is 42.9 Å². The molecule has 1 spiro atoms. The van der Waals surface area contributed by atoms with Gasteiger partial charge in [0.15, 0.2) is 0 Å². The maximum absolute atomic E-state index is 14.8. The Labute approximate surface area is 262 Å². The number of alkyl halides is 1. The summed E-state index contributed by atoms with van der Waals surface area (Å²) in [5, 5.41) is 10.4. The molecule has 3 aliphatic rings. The summed E-state index contributed by atoms with van der Waals surface area (Å²) < 4.78 is 10.2. The number of nitrogens with zero attached hydrogens (tertiary/aromatic N) is 2. The zero-order valence-corrected chi connectivity index (χ0v) is 27.1. The van der Waals surface area contributed by atoms with E-state index in [0.717, 1.165) is 19.3 Å². The van der Waals surface area contributed by atoms with Gasteiger partial charge in [-0.15, -0.1) is 24.9 Å². The number of thioether (sulfide) groups is 1. The van der Waals surface area contributed by atoms with Gasteiger partial charge in [0.1, 0.15) is 11.8 Å². The molecule has 1 aromatic carbocycles. The first-order chi connectivity index (χ1) is 20.1. The Hall–Kier alpha value is -2.30. The molecule has 0 saturated carbocycles. The summed E-state index contributed by atoms with van der Waals surface area (Å²) in [7, 11) is 1.58. The Morgan fingerprint density at radius 2 is 1.95 bits per heavy atom. The van der Waals surface area contributed by atoms with Crippen molar-refractivity contribution in [1.82, 2.24) is 4.90 Å². The third-order valence-corrected chi connectivity index (χ3v) is 11.8. The topological polar surface area (TPSA) is 96.4 Å². The first-order valence-corrected chi connectivity index (χ1v) is 16.5. The Morgan fingerprint density at radius 3 is 2.55 bits per heavy atom. The molecule has 230 valence electrons. The highest BCUT2D eigenvalue weighted by Crippen LogP contribution is 2.68. The van der Waals surface area contributed by atoms with E-state index in [0.29, 0.717) is 24.3 Å². The number of methoxy groups -OCH3 is 1. The van der Waals surface area contributed by atoms with Crippen molar-refractivity contribution in [3.63, 3.8) is 0 Å². The lowest BCUT2D eigenvalue weighted by molar-refractivity contribution is -0.154. The highest BCUT2D eigenvalue weighted by molar-refractivity contribution is 9.09. The number of halogens is 1. The zero-order chi connectivity index (χ0) is 30.6. The van der Waals surface area contributed by atoms with E-state index in [-0.39, 0.29) is 53.5 Å². The fraction of sp³-hybridized carbons (Fsp3) is 0.594. The SMILES string of the molecule is C=CCCCCOC(=O)[C@H]1[C@H]2C(=O)N([C@@H](CO)CC(C)C)C(C(=O)N(CC=C)c3ccc(OC)cc3)C23CC(Br)[C@@H]1S3. The highest BCUT2D eigenvalue weighted by Gasteiger charge is 2.76. The summed E-state index contributed by atoms with van der Waals surface area (Å²) in [4.78, 5) is 46.0. The molecule has 3 saturated heterocycles. The monoisotopic (exact) mass is 662 g/mol. The van der Waals surface area contributed by atoms with E-state index in [2.05, 4.69) is 29.1 Å². The van der Waals surface area contributed by atoms with Crippen molar-refractivity contribution in [2.75, 3.05) is 31.8 Å². The van der Waals surface area contributed by atoms with Crippen molar-refractivity contribution in [1.29, 1.82) is 0 Å². The van der Waals surface area contributed by atoms with Crippen molar-refractivity contribution < 1.29 is 29.0 Å². The Kier molecular flexibility index (Phi) is 10.9. The minimum atomic E-state index is -0.867. The molecule has 2 amide bonds. The minimum absolute atomic E-state index is 0.0633. The summed E-state index contributed by atoms with van der Waals surface area (Å²) in [5.41, 5.74) is 0.653. The number of likely N-dealkylation sites (tertiary alicyclic amines) is 1. The van der Waals surface area contributed by atoms with Crippen LogP contribution in [0.3, 0.4) is 0 Å². The average Bonchev–Trinajstić information content (AvgIpc) is 3.57. The predicted molar refractivity (Wildman–Crippen MR) is 170 cm³/mol. The van der Waals surface area contributed by atoms with Gasteiger partial charge in [-0.1, -0.05) is 41.9 Å². The minimum Gasteiger partial charge on any atom is -0.497 e. The Morgan fingerprint density at radius 1 is 1.24 bits per heavy atom. The molecule has 0 aromatic heterocycles. The van der Waals surface area contributed by atoms with Crippen LogP contribution in [0, 0.1) is 17.8 Å². The van der Waals surface area contributed by atoms with Gasteiger partial charge in [-0.2, -0.15) is 0 Å². The van der Waals surface area contributed by atoms with Gasteiger partial charge in [-0.3, -0.25) is 14.4 Å². The number of anilines is 1. The van der Waals surface area contributed by atoms with Crippen LogP contribution >= 0.6 is 27.7 Å². The lowest BCUT2D eigenvalue weighted by atomic mass is 9.71. The highest BCUT2D eigenvalue weighted by atomic mass is 79.9. The molecule has 3 aliphatic heterocycles. The number of carbonyl (C=O) groups is 3. The second-order valence-corrected chi connectivity index (χ2v) is 14.5. The second kappa shape index (κ2) is 14.0. The summed E-state index contributed by atoms with van der Waals surface area (Å²) in [6.45, 7) is 11.9. The lowest BCUT2D eigenvalue weighted by Crippen LogP contribution is -2.58. The van der Waals surface area contributed by atoms with Crippen molar-refractivity contribution in [2.45, 2.75) is 72.9 Å². The van der Waals surface area contributed by atoms with Crippen LogP contribution in [0.15, 0.2) is 49.6 Å². The van der Waals surface area contributed by atoms with E-state index in [9.17, 15) is 19.5 Å². The van der Waals surface area contributed by atoms with Gasteiger partial charge < -0.3 is 24.4 Å². The molecule has 4 rings (SSSR count). The van der Waals surface area contributed by atoms with Crippen LogP contribution in [0.2, 0.25) is 0 Å². The molecule has 42 heavy (non-hydrogen) atoms. The van der Waals surface area contributed by atoms with E-state index in [4.69, 9.17) is 9.47 Å². The van der Waals surface area contributed by atoms with E-state index < -0.39 is 28.7 Å². The molecular weight excluding hydrogens is 620 g/mol. The van der Waals surface area contributed by atoms with Crippen LogP contribution in [0.25, 0.3) is 0 Å². The number of amides is 2.